The summed E-state index contributed by atoms with van der Waals surface area (Å²) in [5, 5.41) is 2.70. The highest BCUT2D eigenvalue weighted by Crippen LogP contribution is 2.15. The minimum absolute atomic E-state index is 0.174. The van der Waals surface area contributed by atoms with Crippen molar-refractivity contribution in [3.8, 4) is 0 Å². The topological polar surface area (TPSA) is 37.8 Å². The van der Waals surface area contributed by atoms with E-state index in [-0.39, 0.29) is 13.0 Å². The molecule has 13 heavy (non-hydrogen) atoms. The number of rotatable bonds is 4. The normalized spacial score (nSPS) is 11.3. The minimum Gasteiger partial charge on any atom is -0.354 e. The Hall–Kier alpha value is -1.26. The van der Waals surface area contributed by atoms with Gasteiger partial charge in [0, 0.05) is 25.4 Å². The summed E-state index contributed by atoms with van der Waals surface area (Å²) in [4.78, 5) is 7.66. The maximum Gasteiger partial charge on any atom is 0.247 e. The van der Waals surface area contributed by atoms with E-state index in [2.05, 4.69) is 15.3 Å². The molecule has 0 fully saturated rings. The molecule has 0 saturated heterocycles. The second-order valence-electron chi connectivity index (χ2n) is 2.82. The molecular formula is C8H11F2N3. The summed E-state index contributed by atoms with van der Waals surface area (Å²) < 4.78 is 24.7. The molecule has 5 heteroatoms. The third kappa shape index (κ3) is 4.35. The molecule has 0 aliphatic heterocycles. The maximum atomic E-state index is 12.3. The number of aromatic nitrogens is 2. The van der Waals surface area contributed by atoms with Crippen molar-refractivity contribution in [2.24, 2.45) is 0 Å². The molecule has 3 nitrogen and oxygen atoms in total. The number of hydrogen-bond donors (Lipinski definition) is 1. The van der Waals surface area contributed by atoms with E-state index in [4.69, 9.17) is 0 Å². The van der Waals surface area contributed by atoms with Gasteiger partial charge in [0.1, 0.15) is 0 Å². The summed E-state index contributed by atoms with van der Waals surface area (Å²) in [6.07, 6.45) is 2.89. The van der Waals surface area contributed by atoms with E-state index in [0.717, 1.165) is 6.92 Å². The third-order valence-corrected chi connectivity index (χ3v) is 1.41. The second-order valence-corrected chi connectivity index (χ2v) is 2.82. The number of nitrogens with one attached hydrogen (secondary N) is 1. The lowest BCUT2D eigenvalue weighted by Crippen LogP contribution is -2.16. The molecular weight excluding hydrogens is 176 g/mol. The van der Waals surface area contributed by atoms with E-state index in [0.29, 0.717) is 5.95 Å². The van der Waals surface area contributed by atoms with E-state index < -0.39 is 5.92 Å². The van der Waals surface area contributed by atoms with E-state index >= 15 is 0 Å². The number of anilines is 1. The standard InChI is InChI=1S/C8H11F2N3/c1-8(9,10)3-6-13-7-11-4-2-5-12-7/h2,4-5H,3,6H2,1H3,(H,11,12,13). The maximum absolute atomic E-state index is 12.3. The van der Waals surface area contributed by atoms with Gasteiger partial charge in [0.2, 0.25) is 11.9 Å². The zero-order valence-electron chi connectivity index (χ0n) is 7.30. The SMILES string of the molecule is CC(F)(F)CCNc1ncccn1. The van der Waals surface area contributed by atoms with Crippen molar-refractivity contribution < 1.29 is 8.78 Å². The molecule has 1 heterocycles. The van der Waals surface area contributed by atoms with Crippen molar-refractivity contribution in [2.75, 3.05) is 11.9 Å². The van der Waals surface area contributed by atoms with Crippen molar-refractivity contribution in [3.05, 3.63) is 18.5 Å². The fourth-order valence-electron chi connectivity index (χ4n) is 0.784. The number of hydrogen-bond acceptors (Lipinski definition) is 3. The van der Waals surface area contributed by atoms with Crippen LogP contribution in [0, 0.1) is 0 Å². The molecule has 1 rings (SSSR count). The van der Waals surface area contributed by atoms with Gasteiger partial charge in [0.15, 0.2) is 0 Å². The molecule has 0 atom stereocenters. The van der Waals surface area contributed by atoms with Gasteiger partial charge in [-0.15, -0.1) is 0 Å². The van der Waals surface area contributed by atoms with E-state index in [9.17, 15) is 8.78 Å². The van der Waals surface area contributed by atoms with Gasteiger partial charge in [0.25, 0.3) is 0 Å². The summed E-state index contributed by atoms with van der Waals surface area (Å²) in [6, 6.07) is 1.67. The number of alkyl halides is 2. The quantitative estimate of drug-likeness (QED) is 0.782. The van der Waals surface area contributed by atoms with Crippen LogP contribution in [0.25, 0.3) is 0 Å². The predicted molar refractivity (Wildman–Crippen MR) is 45.8 cm³/mol. The first kappa shape index (κ1) is 9.83. The molecule has 0 aliphatic rings. The second kappa shape index (κ2) is 4.11. The molecule has 1 aromatic rings. The van der Waals surface area contributed by atoms with Crippen molar-refractivity contribution in [1.82, 2.24) is 9.97 Å². The lowest BCUT2D eigenvalue weighted by atomic mass is 10.3. The van der Waals surface area contributed by atoms with Crippen LogP contribution in [0.15, 0.2) is 18.5 Å². The highest BCUT2D eigenvalue weighted by molar-refractivity contribution is 5.21. The van der Waals surface area contributed by atoms with Crippen LogP contribution in [0.4, 0.5) is 14.7 Å². The molecule has 0 radical (unpaired) electrons. The molecule has 1 aromatic heterocycles. The molecule has 0 aromatic carbocycles. The van der Waals surface area contributed by atoms with E-state index in [1.807, 2.05) is 0 Å². The van der Waals surface area contributed by atoms with Gasteiger partial charge in [-0.25, -0.2) is 18.7 Å². The third-order valence-electron chi connectivity index (χ3n) is 1.41. The molecule has 0 bridgehead atoms. The summed E-state index contributed by atoms with van der Waals surface area (Å²) in [5.41, 5.74) is 0. The van der Waals surface area contributed by atoms with Gasteiger partial charge in [-0.3, -0.25) is 0 Å². The zero-order valence-corrected chi connectivity index (χ0v) is 7.30. The van der Waals surface area contributed by atoms with Crippen LogP contribution in [-0.2, 0) is 0 Å². The summed E-state index contributed by atoms with van der Waals surface area (Å²) in [6.45, 7) is 1.06. The Morgan fingerprint density at radius 3 is 2.54 bits per heavy atom. The highest BCUT2D eigenvalue weighted by Gasteiger charge is 2.19. The molecule has 0 amide bonds. The van der Waals surface area contributed by atoms with Gasteiger partial charge in [-0.05, 0) is 13.0 Å². The van der Waals surface area contributed by atoms with Gasteiger partial charge in [-0.1, -0.05) is 0 Å². The molecule has 1 N–H and O–H groups in total. The molecule has 0 unspecified atom stereocenters. The fraction of sp³-hybridized carbons (Fsp3) is 0.500. The summed E-state index contributed by atoms with van der Waals surface area (Å²) >= 11 is 0. The fourth-order valence-corrected chi connectivity index (χ4v) is 0.784. The monoisotopic (exact) mass is 187 g/mol. The molecule has 0 saturated carbocycles. The Labute approximate surface area is 75.2 Å². The Balaban J connectivity index is 2.29. The first-order valence-electron chi connectivity index (χ1n) is 3.97. The average Bonchev–Trinajstić information content (AvgIpc) is 2.04. The molecule has 0 aliphatic carbocycles. The van der Waals surface area contributed by atoms with Crippen LogP contribution in [0.2, 0.25) is 0 Å². The van der Waals surface area contributed by atoms with Crippen molar-refractivity contribution >= 4 is 5.95 Å². The van der Waals surface area contributed by atoms with E-state index in [1.165, 1.54) is 0 Å². The zero-order chi connectivity index (χ0) is 9.73. The van der Waals surface area contributed by atoms with Crippen molar-refractivity contribution in [3.63, 3.8) is 0 Å². The lowest BCUT2D eigenvalue weighted by Gasteiger charge is -2.09. The Morgan fingerprint density at radius 1 is 1.38 bits per heavy atom. The minimum atomic E-state index is -2.64. The van der Waals surface area contributed by atoms with Gasteiger partial charge in [0.05, 0.1) is 0 Å². The van der Waals surface area contributed by atoms with Crippen LogP contribution in [0.5, 0.6) is 0 Å². The van der Waals surface area contributed by atoms with Gasteiger partial charge >= 0.3 is 0 Å². The Bertz CT molecular complexity index is 245. The van der Waals surface area contributed by atoms with Crippen LogP contribution in [-0.4, -0.2) is 22.4 Å². The van der Waals surface area contributed by atoms with Crippen LogP contribution in [0.1, 0.15) is 13.3 Å². The van der Waals surface area contributed by atoms with Gasteiger partial charge < -0.3 is 5.32 Å². The number of halogens is 2. The highest BCUT2D eigenvalue weighted by atomic mass is 19.3. The van der Waals surface area contributed by atoms with Crippen LogP contribution >= 0.6 is 0 Å². The van der Waals surface area contributed by atoms with Crippen molar-refractivity contribution in [1.29, 1.82) is 0 Å². The Morgan fingerprint density at radius 2 is 2.00 bits per heavy atom. The van der Waals surface area contributed by atoms with Crippen LogP contribution < -0.4 is 5.32 Å². The summed E-state index contributed by atoms with van der Waals surface area (Å²) in [5.74, 6) is -2.26. The average molecular weight is 187 g/mol. The summed E-state index contributed by atoms with van der Waals surface area (Å²) in [7, 11) is 0. The smallest absolute Gasteiger partial charge is 0.247 e. The molecule has 0 spiro atoms. The first-order chi connectivity index (χ1) is 6.08. The molecule has 72 valence electrons. The Kier molecular flexibility index (Phi) is 3.11. The number of nitrogens with zero attached hydrogens (tertiary/aromatic N) is 2. The van der Waals surface area contributed by atoms with Crippen LogP contribution in [0.3, 0.4) is 0 Å². The first-order valence-corrected chi connectivity index (χ1v) is 3.97. The van der Waals surface area contributed by atoms with Gasteiger partial charge in [-0.2, -0.15) is 0 Å². The van der Waals surface area contributed by atoms with Crippen molar-refractivity contribution in [2.45, 2.75) is 19.3 Å². The largest absolute Gasteiger partial charge is 0.354 e. The lowest BCUT2D eigenvalue weighted by molar-refractivity contribution is 0.0166. The predicted octanol–water partition coefficient (Wildman–Crippen LogP) is 1.93. The van der Waals surface area contributed by atoms with E-state index in [1.54, 1.807) is 18.5 Å².